The highest BCUT2D eigenvalue weighted by Gasteiger charge is 2.26. The van der Waals surface area contributed by atoms with Gasteiger partial charge in [-0.2, -0.15) is 0 Å². The summed E-state index contributed by atoms with van der Waals surface area (Å²) in [6.45, 7) is 6.14. The molecule has 4 heteroatoms. The fourth-order valence-corrected chi connectivity index (χ4v) is 3.03. The number of carbonyl (C=O) groups is 1. The molecule has 0 amide bonds. The normalized spacial score (nSPS) is 21.9. The van der Waals surface area contributed by atoms with Crippen molar-refractivity contribution in [1.82, 2.24) is 0 Å². The van der Waals surface area contributed by atoms with Crippen molar-refractivity contribution in [2.24, 2.45) is 0 Å². The van der Waals surface area contributed by atoms with Crippen LogP contribution in [-0.2, 0) is 21.4 Å². The Kier molecular flexibility index (Phi) is 5.69. The third kappa shape index (κ3) is 4.96. The molecule has 0 aromatic heterocycles. The quantitative estimate of drug-likeness (QED) is 0.834. The summed E-state index contributed by atoms with van der Waals surface area (Å²) in [6, 6.07) is 5.48. The molecule has 0 aliphatic heterocycles. The van der Waals surface area contributed by atoms with Gasteiger partial charge in [0.1, 0.15) is 11.9 Å². The van der Waals surface area contributed by atoms with E-state index in [0.717, 1.165) is 30.4 Å². The molecule has 1 aliphatic rings. The number of ether oxygens (including phenoxy) is 1. The molecule has 0 radical (unpaired) electrons. The standard InChI is InChI=1S/C19H28O4/c1-19(2,3)14-12-13(8-10-15(14)20)9-11-18(22)23-17-7-5-4-6-16(17)21/h8,10,12,16-17,20-21H,4-7,9,11H2,1-3H3. The first-order chi connectivity index (χ1) is 10.8. The first kappa shape index (κ1) is 17.8. The molecule has 1 aromatic carbocycles. The van der Waals surface area contributed by atoms with E-state index in [4.69, 9.17) is 4.74 Å². The average Bonchev–Trinajstić information content (AvgIpc) is 2.47. The van der Waals surface area contributed by atoms with Gasteiger partial charge in [-0.05, 0) is 48.3 Å². The number of hydrogen-bond acceptors (Lipinski definition) is 4. The Balaban J connectivity index is 1.91. The topological polar surface area (TPSA) is 66.8 Å². The number of carbonyl (C=O) groups excluding carboxylic acids is 1. The smallest absolute Gasteiger partial charge is 0.306 e. The third-order valence-electron chi connectivity index (χ3n) is 4.44. The van der Waals surface area contributed by atoms with Gasteiger partial charge < -0.3 is 14.9 Å². The maximum atomic E-state index is 12.0. The predicted molar refractivity (Wildman–Crippen MR) is 89.5 cm³/mol. The van der Waals surface area contributed by atoms with Crippen molar-refractivity contribution in [3.8, 4) is 5.75 Å². The van der Waals surface area contributed by atoms with Crippen molar-refractivity contribution in [3.63, 3.8) is 0 Å². The maximum Gasteiger partial charge on any atom is 0.306 e. The summed E-state index contributed by atoms with van der Waals surface area (Å²) in [5.41, 5.74) is 1.74. The molecule has 0 bridgehead atoms. The third-order valence-corrected chi connectivity index (χ3v) is 4.44. The van der Waals surface area contributed by atoms with E-state index in [1.54, 1.807) is 6.07 Å². The van der Waals surface area contributed by atoms with E-state index >= 15 is 0 Å². The zero-order valence-electron chi connectivity index (χ0n) is 14.3. The molecular weight excluding hydrogens is 292 g/mol. The number of benzene rings is 1. The van der Waals surface area contributed by atoms with Crippen LogP contribution in [-0.4, -0.2) is 28.4 Å². The van der Waals surface area contributed by atoms with Gasteiger partial charge in [-0.25, -0.2) is 0 Å². The monoisotopic (exact) mass is 320 g/mol. The largest absolute Gasteiger partial charge is 0.508 e. The summed E-state index contributed by atoms with van der Waals surface area (Å²) >= 11 is 0. The molecule has 23 heavy (non-hydrogen) atoms. The van der Waals surface area contributed by atoms with E-state index in [-0.39, 0.29) is 29.7 Å². The molecule has 128 valence electrons. The summed E-state index contributed by atoms with van der Waals surface area (Å²) in [4.78, 5) is 12.0. The van der Waals surface area contributed by atoms with Gasteiger partial charge in [0.15, 0.2) is 0 Å². The second-order valence-corrected chi connectivity index (χ2v) is 7.48. The number of aliphatic hydroxyl groups is 1. The highest BCUT2D eigenvalue weighted by molar-refractivity contribution is 5.70. The van der Waals surface area contributed by atoms with E-state index in [1.165, 1.54) is 0 Å². The van der Waals surface area contributed by atoms with Crippen LogP contribution in [0.5, 0.6) is 5.75 Å². The van der Waals surface area contributed by atoms with E-state index in [2.05, 4.69) is 0 Å². The van der Waals surface area contributed by atoms with Crippen molar-refractivity contribution < 1.29 is 19.7 Å². The van der Waals surface area contributed by atoms with Gasteiger partial charge in [-0.3, -0.25) is 4.79 Å². The molecule has 1 aromatic rings. The lowest BCUT2D eigenvalue weighted by molar-refractivity contribution is -0.157. The van der Waals surface area contributed by atoms with Crippen LogP contribution >= 0.6 is 0 Å². The van der Waals surface area contributed by atoms with Crippen molar-refractivity contribution in [3.05, 3.63) is 29.3 Å². The minimum absolute atomic E-state index is 0.146. The first-order valence-electron chi connectivity index (χ1n) is 8.47. The zero-order chi connectivity index (χ0) is 17.0. The maximum absolute atomic E-state index is 12.0. The molecule has 2 unspecified atom stereocenters. The number of phenols is 1. The Morgan fingerprint density at radius 2 is 1.96 bits per heavy atom. The summed E-state index contributed by atoms with van der Waals surface area (Å²) in [7, 11) is 0. The molecule has 2 rings (SSSR count). The van der Waals surface area contributed by atoms with E-state index in [1.807, 2.05) is 32.9 Å². The number of esters is 1. The van der Waals surface area contributed by atoms with E-state index < -0.39 is 6.10 Å². The van der Waals surface area contributed by atoms with Gasteiger partial charge in [-0.1, -0.05) is 39.3 Å². The molecule has 1 saturated carbocycles. The van der Waals surface area contributed by atoms with Crippen molar-refractivity contribution in [2.75, 3.05) is 0 Å². The number of phenolic OH excluding ortho intramolecular Hbond substituents is 1. The van der Waals surface area contributed by atoms with Crippen LogP contribution in [0.2, 0.25) is 0 Å². The van der Waals surface area contributed by atoms with Crippen LogP contribution in [0.15, 0.2) is 18.2 Å². The highest BCUT2D eigenvalue weighted by Crippen LogP contribution is 2.31. The number of aliphatic hydroxyl groups excluding tert-OH is 1. The molecule has 2 N–H and O–H groups in total. The average molecular weight is 320 g/mol. The Morgan fingerprint density at radius 3 is 2.61 bits per heavy atom. The van der Waals surface area contributed by atoms with Gasteiger partial charge in [0.25, 0.3) is 0 Å². The van der Waals surface area contributed by atoms with E-state index in [0.29, 0.717) is 12.8 Å². The molecule has 1 aliphatic carbocycles. The number of aromatic hydroxyl groups is 1. The Hall–Kier alpha value is -1.55. The predicted octanol–water partition coefficient (Wildman–Crippen LogP) is 3.47. The van der Waals surface area contributed by atoms with Gasteiger partial charge in [0, 0.05) is 6.42 Å². The minimum atomic E-state index is -0.520. The highest BCUT2D eigenvalue weighted by atomic mass is 16.6. The molecule has 0 saturated heterocycles. The van der Waals surface area contributed by atoms with Gasteiger partial charge in [0.05, 0.1) is 6.10 Å². The molecule has 2 atom stereocenters. The summed E-state index contributed by atoms with van der Waals surface area (Å²) in [5.74, 6) is 0.0236. The lowest BCUT2D eigenvalue weighted by Crippen LogP contribution is -2.34. The molecular formula is C19H28O4. The number of rotatable bonds is 4. The van der Waals surface area contributed by atoms with Gasteiger partial charge in [-0.15, -0.1) is 0 Å². The lowest BCUT2D eigenvalue weighted by atomic mass is 9.85. The second-order valence-electron chi connectivity index (χ2n) is 7.48. The summed E-state index contributed by atoms with van der Waals surface area (Å²) in [5, 5.41) is 19.8. The van der Waals surface area contributed by atoms with Crippen LogP contribution in [0.1, 0.15) is 64.0 Å². The lowest BCUT2D eigenvalue weighted by Gasteiger charge is -2.27. The van der Waals surface area contributed by atoms with E-state index in [9.17, 15) is 15.0 Å². The zero-order valence-corrected chi connectivity index (χ0v) is 14.3. The number of hydrogen-bond donors (Lipinski definition) is 2. The molecule has 1 fully saturated rings. The molecule has 0 heterocycles. The van der Waals surface area contributed by atoms with Crippen LogP contribution in [0.25, 0.3) is 0 Å². The Bertz CT molecular complexity index is 545. The van der Waals surface area contributed by atoms with Crippen LogP contribution in [0.3, 0.4) is 0 Å². The fraction of sp³-hybridized carbons (Fsp3) is 0.632. The Labute approximate surface area is 138 Å². The molecule has 0 spiro atoms. The van der Waals surface area contributed by atoms with Crippen LogP contribution in [0.4, 0.5) is 0 Å². The SMILES string of the molecule is CC(C)(C)c1cc(CCC(=O)OC2CCCCC2O)ccc1O. The van der Waals surface area contributed by atoms with Gasteiger partial charge >= 0.3 is 5.97 Å². The van der Waals surface area contributed by atoms with Crippen LogP contribution in [0, 0.1) is 0 Å². The van der Waals surface area contributed by atoms with Crippen molar-refractivity contribution in [2.45, 2.75) is 76.9 Å². The van der Waals surface area contributed by atoms with Gasteiger partial charge in [0.2, 0.25) is 0 Å². The summed E-state index contributed by atoms with van der Waals surface area (Å²) < 4.78 is 5.41. The summed E-state index contributed by atoms with van der Waals surface area (Å²) in [6.07, 6.45) is 3.46. The minimum Gasteiger partial charge on any atom is -0.508 e. The Morgan fingerprint density at radius 1 is 1.26 bits per heavy atom. The van der Waals surface area contributed by atoms with Crippen LogP contribution < -0.4 is 0 Å². The fourth-order valence-electron chi connectivity index (χ4n) is 3.03. The number of aryl methyl sites for hydroxylation is 1. The van der Waals surface area contributed by atoms with Crippen molar-refractivity contribution >= 4 is 5.97 Å². The second kappa shape index (κ2) is 7.35. The first-order valence-corrected chi connectivity index (χ1v) is 8.47. The van der Waals surface area contributed by atoms with Crippen molar-refractivity contribution in [1.29, 1.82) is 0 Å². The molecule has 4 nitrogen and oxygen atoms in total.